The van der Waals surface area contributed by atoms with Gasteiger partial charge in [-0.1, -0.05) is 30.9 Å². The van der Waals surface area contributed by atoms with Crippen LogP contribution >= 0.6 is 11.6 Å². The van der Waals surface area contributed by atoms with E-state index in [1.54, 1.807) is 25.1 Å². The Hall–Kier alpha value is -2.34. The van der Waals surface area contributed by atoms with E-state index >= 15 is 0 Å². The fourth-order valence-corrected chi connectivity index (χ4v) is 3.90. The molecule has 0 radical (unpaired) electrons. The van der Waals surface area contributed by atoms with Gasteiger partial charge in [-0.25, -0.2) is 9.36 Å². The second-order valence-electron chi connectivity index (χ2n) is 6.80. The first kappa shape index (κ1) is 19.4. The number of Topliss-reactive ketones (excluding diaryl/α,β-unsaturated/α-hetero) is 1. The minimum Gasteiger partial charge on any atom is -0.449 e. The number of fused-ring (bicyclic) bond motifs is 1. The molecule has 144 valence electrons. The maximum atomic E-state index is 13.4. The van der Waals surface area contributed by atoms with Crippen LogP contribution in [0.4, 0.5) is 10.5 Å². The molecule has 1 saturated carbocycles. The number of anilines is 1. The molecule has 0 saturated heterocycles. The van der Waals surface area contributed by atoms with Gasteiger partial charge in [0.05, 0.1) is 17.8 Å². The van der Waals surface area contributed by atoms with Crippen molar-refractivity contribution in [2.45, 2.75) is 46.0 Å². The van der Waals surface area contributed by atoms with E-state index in [-0.39, 0.29) is 29.9 Å². The molecule has 0 aliphatic heterocycles. The van der Waals surface area contributed by atoms with Gasteiger partial charge < -0.3 is 10.1 Å². The van der Waals surface area contributed by atoms with Gasteiger partial charge in [-0.15, -0.1) is 0 Å². The van der Waals surface area contributed by atoms with Crippen LogP contribution in [0.5, 0.6) is 0 Å². The van der Waals surface area contributed by atoms with Crippen LogP contribution in [-0.2, 0) is 9.53 Å². The Kier molecular flexibility index (Phi) is 5.85. The van der Waals surface area contributed by atoms with Gasteiger partial charge in [0, 0.05) is 23.3 Å². The van der Waals surface area contributed by atoms with Gasteiger partial charge in [0.1, 0.15) is 5.69 Å². The summed E-state index contributed by atoms with van der Waals surface area (Å²) in [6, 6.07) is 4.98. The fourth-order valence-electron chi connectivity index (χ4n) is 3.73. The predicted octanol–water partition coefficient (Wildman–Crippen LogP) is 5.02. The highest BCUT2D eigenvalue weighted by molar-refractivity contribution is 6.31. The lowest BCUT2D eigenvalue weighted by Gasteiger charge is -2.21. The summed E-state index contributed by atoms with van der Waals surface area (Å²) in [7, 11) is 0. The number of halogens is 1. The third-order valence-corrected chi connectivity index (χ3v) is 5.13. The van der Waals surface area contributed by atoms with Gasteiger partial charge in [0.25, 0.3) is 0 Å². The summed E-state index contributed by atoms with van der Waals surface area (Å²) in [6.45, 7) is 3.25. The number of nitrogens with zero attached hydrogens (tertiary/aromatic N) is 1. The van der Waals surface area contributed by atoms with Crippen molar-refractivity contribution in [3.05, 3.63) is 28.9 Å². The summed E-state index contributed by atoms with van der Waals surface area (Å²) in [4.78, 5) is 37.9. The minimum absolute atomic E-state index is 0.140. The summed E-state index contributed by atoms with van der Waals surface area (Å²) in [5.41, 5.74) is 0.967. The lowest BCUT2D eigenvalue weighted by molar-refractivity contribution is -0.114. The SMILES string of the molecule is CCOC(=O)n1c(C(=O)C2CCCCC2)c(NC(C)=O)c2ccc(Cl)cc21. The maximum absolute atomic E-state index is 13.4. The fraction of sp³-hybridized carbons (Fsp3) is 0.450. The van der Waals surface area contributed by atoms with Crippen LogP contribution in [0.1, 0.15) is 56.4 Å². The van der Waals surface area contributed by atoms with Gasteiger partial charge in [-0.3, -0.25) is 9.59 Å². The highest BCUT2D eigenvalue weighted by Crippen LogP contribution is 2.37. The number of carbonyl (C=O) groups excluding carboxylic acids is 3. The Morgan fingerprint density at radius 3 is 2.56 bits per heavy atom. The van der Waals surface area contributed by atoms with Crippen molar-refractivity contribution in [1.82, 2.24) is 4.57 Å². The van der Waals surface area contributed by atoms with Crippen LogP contribution in [0.15, 0.2) is 18.2 Å². The van der Waals surface area contributed by atoms with E-state index in [1.807, 2.05) is 0 Å². The molecule has 1 N–H and O–H groups in total. The predicted molar refractivity (Wildman–Crippen MR) is 105 cm³/mol. The van der Waals surface area contributed by atoms with E-state index in [0.717, 1.165) is 32.1 Å². The number of carbonyl (C=O) groups is 3. The summed E-state index contributed by atoms with van der Waals surface area (Å²) in [5, 5.41) is 3.75. The Balaban J connectivity index is 2.25. The molecule has 0 atom stereocenters. The molecule has 27 heavy (non-hydrogen) atoms. The van der Waals surface area contributed by atoms with Gasteiger partial charge in [-0.05, 0) is 38.0 Å². The van der Waals surface area contributed by atoms with E-state index in [0.29, 0.717) is 21.6 Å². The lowest BCUT2D eigenvalue weighted by Crippen LogP contribution is -2.26. The smallest absolute Gasteiger partial charge is 0.419 e. The summed E-state index contributed by atoms with van der Waals surface area (Å²) >= 11 is 6.13. The van der Waals surface area contributed by atoms with Gasteiger partial charge >= 0.3 is 6.09 Å². The number of rotatable bonds is 4. The first-order valence-corrected chi connectivity index (χ1v) is 9.64. The number of benzene rings is 1. The molecule has 7 heteroatoms. The van der Waals surface area contributed by atoms with Gasteiger partial charge in [0.2, 0.25) is 5.91 Å². The van der Waals surface area contributed by atoms with Crippen LogP contribution < -0.4 is 5.32 Å². The molecule has 1 fully saturated rings. The Morgan fingerprint density at radius 2 is 1.93 bits per heavy atom. The van der Waals surface area contributed by atoms with Crippen molar-refractivity contribution in [3.63, 3.8) is 0 Å². The molecule has 0 unspecified atom stereocenters. The average molecular weight is 391 g/mol. The second-order valence-corrected chi connectivity index (χ2v) is 7.24. The molecule has 1 aromatic carbocycles. The van der Waals surface area contributed by atoms with Gasteiger partial charge in [-0.2, -0.15) is 0 Å². The Bertz CT molecular complexity index is 897. The number of ketones is 1. The van der Waals surface area contributed by atoms with Crippen molar-refractivity contribution >= 4 is 46.0 Å². The molecular weight excluding hydrogens is 368 g/mol. The quantitative estimate of drug-likeness (QED) is 0.743. The minimum atomic E-state index is -0.652. The van der Waals surface area contributed by atoms with Crippen LogP contribution in [0.25, 0.3) is 10.9 Å². The molecule has 2 aromatic rings. The zero-order valence-electron chi connectivity index (χ0n) is 15.5. The normalized spacial score (nSPS) is 14.9. The van der Waals surface area contributed by atoms with E-state index in [4.69, 9.17) is 16.3 Å². The lowest BCUT2D eigenvalue weighted by atomic mass is 9.85. The van der Waals surface area contributed by atoms with Gasteiger partial charge in [0.15, 0.2) is 5.78 Å². The summed E-state index contributed by atoms with van der Waals surface area (Å²) in [6.07, 6.45) is 3.99. The molecule has 1 aromatic heterocycles. The number of hydrogen-bond donors (Lipinski definition) is 1. The number of amides is 1. The Labute approximate surface area is 162 Å². The molecule has 1 aliphatic carbocycles. The molecule has 0 bridgehead atoms. The third kappa shape index (κ3) is 3.86. The first-order chi connectivity index (χ1) is 12.9. The molecule has 1 heterocycles. The van der Waals surface area contributed by atoms with Crippen LogP contribution in [0.2, 0.25) is 5.02 Å². The van der Waals surface area contributed by atoms with Crippen molar-refractivity contribution in [3.8, 4) is 0 Å². The number of hydrogen-bond acceptors (Lipinski definition) is 4. The van der Waals surface area contributed by atoms with E-state index in [2.05, 4.69) is 5.32 Å². The van der Waals surface area contributed by atoms with E-state index in [1.165, 1.54) is 11.5 Å². The topological polar surface area (TPSA) is 77.4 Å². The molecule has 1 amide bonds. The first-order valence-electron chi connectivity index (χ1n) is 9.27. The summed E-state index contributed by atoms with van der Waals surface area (Å²) in [5.74, 6) is -0.622. The number of nitrogens with one attached hydrogen (secondary N) is 1. The van der Waals surface area contributed by atoms with Crippen LogP contribution in [0.3, 0.4) is 0 Å². The van der Waals surface area contributed by atoms with E-state index < -0.39 is 6.09 Å². The number of ether oxygens (including phenoxy) is 1. The summed E-state index contributed by atoms with van der Waals surface area (Å²) < 4.78 is 6.45. The molecule has 0 spiro atoms. The highest BCUT2D eigenvalue weighted by atomic mass is 35.5. The van der Waals surface area contributed by atoms with Crippen molar-refractivity contribution in [2.24, 2.45) is 5.92 Å². The third-order valence-electron chi connectivity index (χ3n) is 4.89. The molecule has 3 rings (SSSR count). The highest BCUT2D eigenvalue weighted by Gasteiger charge is 2.32. The average Bonchev–Trinajstić information content (AvgIpc) is 2.94. The number of aromatic nitrogens is 1. The van der Waals surface area contributed by atoms with Crippen molar-refractivity contribution in [2.75, 3.05) is 11.9 Å². The zero-order valence-corrected chi connectivity index (χ0v) is 16.3. The monoisotopic (exact) mass is 390 g/mol. The standard InChI is InChI=1S/C20H23ClN2O4/c1-3-27-20(26)23-16-11-14(21)9-10-15(16)17(22-12(2)24)18(23)19(25)13-7-5-4-6-8-13/h9-11,13H,3-8H2,1-2H3,(H,22,24). The maximum Gasteiger partial charge on any atom is 0.419 e. The zero-order chi connectivity index (χ0) is 19.6. The molecule has 1 aliphatic rings. The molecular formula is C20H23ClN2O4. The van der Waals surface area contributed by atoms with Crippen LogP contribution in [0, 0.1) is 5.92 Å². The largest absolute Gasteiger partial charge is 0.449 e. The van der Waals surface area contributed by atoms with Crippen molar-refractivity contribution < 1.29 is 19.1 Å². The van der Waals surface area contributed by atoms with E-state index in [9.17, 15) is 14.4 Å². The van der Waals surface area contributed by atoms with Crippen molar-refractivity contribution in [1.29, 1.82) is 0 Å². The molecule has 6 nitrogen and oxygen atoms in total. The second kappa shape index (κ2) is 8.13. The van der Waals surface area contributed by atoms with Crippen LogP contribution in [-0.4, -0.2) is 29.0 Å². The Morgan fingerprint density at radius 1 is 1.22 bits per heavy atom.